The summed E-state index contributed by atoms with van der Waals surface area (Å²) in [4.78, 5) is 43.1. The minimum absolute atomic E-state index is 0. The molecule has 0 radical (unpaired) electrons. The first-order valence-corrected chi connectivity index (χ1v) is 15.1. The maximum Gasteiger partial charge on any atom is 1.00 e. The van der Waals surface area contributed by atoms with Crippen molar-refractivity contribution in [2.45, 2.75) is 104 Å². The molecule has 222 valence electrons. The third kappa shape index (κ3) is 42.7. The van der Waals surface area contributed by atoms with E-state index in [0.717, 1.165) is 31.0 Å². The Kier molecular flexibility index (Phi) is 41.7. The normalized spacial score (nSPS) is 10.2. The SMILES string of the molecule is CC#CC#CC#CSC(C)=O.CCCCCCCCCCCCCC(=O)O[C@@H](COCO)COP(=O)([O-])[O-].[HH].[HH].[HH].[Na+].[Na+]. The van der Waals surface area contributed by atoms with Gasteiger partial charge in [0.05, 0.1) is 21.0 Å². The quantitative estimate of drug-likeness (QED) is 0.0446. The van der Waals surface area contributed by atoms with Gasteiger partial charge in [-0.15, -0.1) is 0 Å². The van der Waals surface area contributed by atoms with Crippen LogP contribution in [0, 0.1) is 34.9 Å². The standard InChI is InChI=1S/C18H37O8P.C9H6OS.2Na.3H2/c1-2-3-4-5-6-7-8-9-10-11-12-13-18(20)26-17(14-24-16-19)15-25-27(21,22)23;1-3-4-5-6-7-8-11-9(2)10;;;;;/h17,19H,2-16H2,1H3,(H2,21,22,23);1-2H3;;;3*1H/q;;2*+1;;;/p-2/t17-;;;;;;/m0....../s1. The van der Waals surface area contributed by atoms with Crippen LogP contribution in [-0.4, -0.2) is 42.3 Å². The fourth-order valence-electron chi connectivity index (χ4n) is 2.90. The third-order valence-corrected chi connectivity index (χ3v) is 5.61. The zero-order valence-electron chi connectivity index (χ0n) is 24.8. The van der Waals surface area contributed by atoms with Crippen LogP contribution in [0.1, 0.15) is 102 Å². The zero-order chi connectivity index (χ0) is 28.9. The summed E-state index contributed by atoms with van der Waals surface area (Å²) in [5, 5.41) is 11.1. The average molecular weight is 625 g/mol. The topological polar surface area (TPSA) is 145 Å². The van der Waals surface area contributed by atoms with Gasteiger partial charge in [0.1, 0.15) is 12.9 Å². The second-order valence-electron chi connectivity index (χ2n) is 8.09. The minimum atomic E-state index is -5.15. The predicted octanol–water partition coefficient (Wildman–Crippen LogP) is -1.59. The Morgan fingerprint density at radius 1 is 0.900 bits per heavy atom. The number of phosphoric acid groups is 1. The van der Waals surface area contributed by atoms with Crippen LogP contribution < -0.4 is 68.9 Å². The molecule has 0 aliphatic rings. The summed E-state index contributed by atoms with van der Waals surface area (Å²) in [6, 6.07) is 0. The van der Waals surface area contributed by atoms with Crippen molar-refractivity contribution in [2.24, 2.45) is 0 Å². The molecule has 0 aromatic rings. The number of esters is 1. The molecule has 0 amide bonds. The molecule has 0 fully saturated rings. The van der Waals surface area contributed by atoms with E-state index < -0.39 is 33.3 Å². The van der Waals surface area contributed by atoms with Crippen molar-refractivity contribution in [3.63, 3.8) is 0 Å². The summed E-state index contributed by atoms with van der Waals surface area (Å²) < 4.78 is 24.3. The molecule has 1 atom stereocenters. The molecular formula is C27H47Na2O9PS. The van der Waals surface area contributed by atoms with Crippen molar-refractivity contribution in [3.8, 4) is 34.9 Å². The van der Waals surface area contributed by atoms with Crippen molar-refractivity contribution in [1.29, 1.82) is 0 Å². The van der Waals surface area contributed by atoms with Gasteiger partial charge >= 0.3 is 65.1 Å². The average Bonchev–Trinajstić information content (AvgIpc) is 2.86. The Morgan fingerprint density at radius 2 is 1.43 bits per heavy atom. The second-order valence-corrected chi connectivity index (χ2v) is 10.2. The number of phosphoric ester groups is 1. The van der Waals surface area contributed by atoms with Crippen LogP contribution >= 0.6 is 19.6 Å². The van der Waals surface area contributed by atoms with Gasteiger partial charge in [-0.25, -0.2) is 0 Å². The first-order valence-electron chi connectivity index (χ1n) is 12.8. The van der Waals surface area contributed by atoms with E-state index in [1.54, 1.807) is 6.92 Å². The van der Waals surface area contributed by atoms with E-state index >= 15 is 0 Å². The molecule has 0 saturated heterocycles. The number of carbonyl (C=O) groups is 2. The maximum absolute atomic E-state index is 11.8. The fourth-order valence-corrected chi connectivity index (χ4v) is 3.50. The summed E-state index contributed by atoms with van der Waals surface area (Å²) in [6.07, 6.45) is 12.0. The number of unbranched alkanes of at least 4 members (excludes halogenated alkanes) is 10. The minimum Gasteiger partial charge on any atom is -0.790 e. The molecule has 40 heavy (non-hydrogen) atoms. The third-order valence-electron chi connectivity index (χ3n) is 4.65. The largest absolute Gasteiger partial charge is 1.00 e. The number of rotatable bonds is 19. The first-order chi connectivity index (χ1) is 18.2. The molecule has 0 unspecified atom stereocenters. The summed E-state index contributed by atoms with van der Waals surface area (Å²) in [5.74, 6) is 12.1. The predicted molar refractivity (Wildman–Crippen MR) is 151 cm³/mol. The molecule has 0 spiro atoms. The summed E-state index contributed by atoms with van der Waals surface area (Å²) >= 11 is 0.939. The van der Waals surface area contributed by atoms with Gasteiger partial charge < -0.3 is 33.5 Å². The fraction of sp³-hybridized carbons (Fsp3) is 0.704. The van der Waals surface area contributed by atoms with Crippen LogP contribution in [-0.2, 0) is 28.2 Å². The first kappa shape index (κ1) is 47.1. The van der Waals surface area contributed by atoms with Crippen molar-refractivity contribution < 1.29 is 106 Å². The summed E-state index contributed by atoms with van der Waals surface area (Å²) in [6.45, 7) is 3.89. The number of hydrogen-bond acceptors (Lipinski definition) is 10. The van der Waals surface area contributed by atoms with Gasteiger partial charge in [0.2, 0.25) is 0 Å². The Labute approximate surface area is 293 Å². The summed E-state index contributed by atoms with van der Waals surface area (Å²) in [7, 11) is -5.15. The van der Waals surface area contributed by atoms with Crippen LogP contribution in [0.25, 0.3) is 0 Å². The van der Waals surface area contributed by atoms with Gasteiger partial charge in [-0.05, 0) is 42.3 Å². The smallest absolute Gasteiger partial charge is 0.790 e. The van der Waals surface area contributed by atoms with Gasteiger partial charge in [0.25, 0.3) is 0 Å². The van der Waals surface area contributed by atoms with E-state index in [9.17, 15) is 23.9 Å². The molecular weight excluding hydrogens is 577 g/mol. The van der Waals surface area contributed by atoms with E-state index in [2.05, 4.69) is 51.0 Å². The molecule has 0 bridgehead atoms. The van der Waals surface area contributed by atoms with Crippen LogP contribution in [0.15, 0.2) is 0 Å². The molecule has 0 saturated carbocycles. The molecule has 0 aliphatic heterocycles. The molecule has 0 aromatic carbocycles. The van der Waals surface area contributed by atoms with E-state index in [-0.39, 0.29) is 81.5 Å². The van der Waals surface area contributed by atoms with E-state index in [1.807, 2.05) is 0 Å². The Bertz CT molecular complexity index is 880. The molecule has 0 heterocycles. The van der Waals surface area contributed by atoms with Gasteiger partial charge in [-0.2, -0.15) is 0 Å². The van der Waals surface area contributed by atoms with Crippen molar-refractivity contribution in [3.05, 3.63) is 0 Å². The van der Waals surface area contributed by atoms with Gasteiger partial charge in [0.15, 0.2) is 5.12 Å². The van der Waals surface area contributed by atoms with E-state index in [0.29, 0.717) is 6.42 Å². The molecule has 1 N–H and O–H groups in total. The van der Waals surface area contributed by atoms with Gasteiger partial charge in [-0.1, -0.05) is 77.1 Å². The second kappa shape index (κ2) is 35.4. The van der Waals surface area contributed by atoms with Crippen LogP contribution in [0.2, 0.25) is 0 Å². The van der Waals surface area contributed by atoms with Crippen molar-refractivity contribution in [1.82, 2.24) is 0 Å². The molecule has 13 heteroatoms. The maximum atomic E-state index is 11.8. The molecule has 0 rings (SSSR count). The number of hydrogen-bond donors (Lipinski definition) is 1. The molecule has 0 aromatic heterocycles. The number of ether oxygens (including phenoxy) is 2. The number of carbonyl (C=O) groups excluding carboxylic acids is 2. The number of aliphatic hydroxyl groups excluding tert-OH is 1. The van der Waals surface area contributed by atoms with Crippen molar-refractivity contribution >= 4 is 30.7 Å². The van der Waals surface area contributed by atoms with Crippen LogP contribution in [0.5, 0.6) is 0 Å². The van der Waals surface area contributed by atoms with Crippen molar-refractivity contribution in [2.75, 3.05) is 20.0 Å². The Morgan fingerprint density at radius 3 is 1.90 bits per heavy atom. The summed E-state index contributed by atoms with van der Waals surface area (Å²) in [5.41, 5.74) is 0. The monoisotopic (exact) mass is 624 g/mol. The van der Waals surface area contributed by atoms with Gasteiger partial charge in [-0.3, -0.25) is 9.59 Å². The number of thioether (sulfide) groups is 1. The molecule has 9 nitrogen and oxygen atoms in total. The number of aliphatic hydroxyl groups is 1. The van der Waals surface area contributed by atoms with Crippen LogP contribution in [0.4, 0.5) is 0 Å². The van der Waals surface area contributed by atoms with E-state index in [4.69, 9.17) is 9.84 Å². The zero-order valence-corrected chi connectivity index (χ0v) is 30.5. The van der Waals surface area contributed by atoms with E-state index in [1.165, 1.54) is 51.9 Å². The van der Waals surface area contributed by atoms with Gasteiger partial charge in [0, 0.05) is 29.4 Å². The van der Waals surface area contributed by atoms with Crippen LogP contribution in [0.3, 0.4) is 0 Å². The Hall–Kier alpha value is 0.200. The molecule has 0 aliphatic carbocycles. The Balaban J connectivity index is -0.000000139.